The standard InChI is InChI=1S/C27H28N4O3S2/c1-19-29-26(18-35-19)25-17-31(36(32,33)23-5-3-2-4-6-23)27-24(25)15-21(16-28-27)20-7-9-22(10-8-20)30-11-13-34-14-12-30/h2-7,15-18,22H,8-14H2,1H3. The maximum Gasteiger partial charge on any atom is 0.269 e. The van der Waals surface area contributed by atoms with Gasteiger partial charge in [-0.15, -0.1) is 11.3 Å². The fourth-order valence-corrected chi connectivity index (χ4v) is 7.15. The molecule has 1 atom stereocenters. The molecule has 0 spiro atoms. The Kier molecular flexibility index (Phi) is 6.25. The summed E-state index contributed by atoms with van der Waals surface area (Å²) in [6, 6.07) is 11.1. The number of fused-ring (bicyclic) bond motifs is 1. The summed E-state index contributed by atoms with van der Waals surface area (Å²) in [6.45, 7) is 5.59. The number of hydrogen-bond donors (Lipinski definition) is 0. The minimum Gasteiger partial charge on any atom is -0.379 e. The van der Waals surface area contributed by atoms with Gasteiger partial charge in [-0.05, 0) is 55.5 Å². The SMILES string of the molecule is Cc1nc(-c2cn(S(=O)(=O)c3ccccc3)c3ncc(C4=CCC(N5CCOCC5)CC4)cc23)cs1. The molecule has 9 heteroatoms. The predicted octanol–water partition coefficient (Wildman–Crippen LogP) is 4.97. The molecular weight excluding hydrogens is 492 g/mol. The van der Waals surface area contributed by atoms with E-state index in [1.54, 1.807) is 41.8 Å². The number of rotatable bonds is 5. The summed E-state index contributed by atoms with van der Waals surface area (Å²) in [5, 5.41) is 3.71. The van der Waals surface area contributed by atoms with E-state index in [4.69, 9.17) is 9.72 Å². The Morgan fingerprint density at radius 1 is 1.14 bits per heavy atom. The van der Waals surface area contributed by atoms with Crippen molar-refractivity contribution in [3.05, 3.63) is 70.8 Å². The molecule has 186 valence electrons. The number of nitrogens with zero attached hydrogens (tertiary/aromatic N) is 4. The third-order valence-electron chi connectivity index (χ3n) is 7.12. The molecule has 1 saturated heterocycles. The quantitative estimate of drug-likeness (QED) is 0.370. The Morgan fingerprint density at radius 3 is 2.64 bits per heavy atom. The number of pyridine rings is 1. The Balaban J connectivity index is 1.41. The predicted molar refractivity (Wildman–Crippen MR) is 143 cm³/mol. The van der Waals surface area contributed by atoms with E-state index in [9.17, 15) is 8.42 Å². The lowest BCUT2D eigenvalue weighted by molar-refractivity contribution is 0.0150. The van der Waals surface area contributed by atoms with Gasteiger partial charge in [0.25, 0.3) is 10.0 Å². The van der Waals surface area contributed by atoms with Crippen LogP contribution in [0.5, 0.6) is 0 Å². The molecule has 4 heterocycles. The van der Waals surface area contributed by atoms with E-state index in [0.29, 0.717) is 11.7 Å². The van der Waals surface area contributed by atoms with E-state index < -0.39 is 10.0 Å². The number of thiazole rings is 1. The van der Waals surface area contributed by atoms with Crippen molar-refractivity contribution < 1.29 is 13.2 Å². The monoisotopic (exact) mass is 520 g/mol. The smallest absolute Gasteiger partial charge is 0.269 e. The molecule has 1 aliphatic carbocycles. The van der Waals surface area contributed by atoms with Gasteiger partial charge in [-0.3, -0.25) is 4.90 Å². The zero-order chi connectivity index (χ0) is 24.7. The summed E-state index contributed by atoms with van der Waals surface area (Å²) in [4.78, 5) is 12.1. The number of hydrogen-bond acceptors (Lipinski definition) is 7. The van der Waals surface area contributed by atoms with Crippen LogP contribution in [0.1, 0.15) is 29.8 Å². The third kappa shape index (κ3) is 4.30. The van der Waals surface area contributed by atoms with E-state index in [-0.39, 0.29) is 4.90 Å². The summed E-state index contributed by atoms with van der Waals surface area (Å²) in [5.74, 6) is 0. The van der Waals surface area contributed by atoms with Crippen molar-refractivity contribution in [2.45, 2.75) is 37.1 Å². The van der Waals surface area contributed by atoms with Crippen molar-refractivity contribution in [1.29, 1.82) is 0 Å². The van der Waals surface area contributed by atoms with E-state index in [0.717, 1.165) is 72.8 Å². The van der Waals surface area contributed by atoms with Crippen LogP contribution in [0.25, 0.3) is 27.9 Å². The highest BCUT2D eigenvalue weighted by Gasteiger charge is 2.26. The van der Waals surface area contributed by atoms with Gasteiger partial charge in [0.1, 0.15) is 0 Å². The molecule has 2 aliphatic rings. The second-order valence-electron chi connectivity index (χ2n) is 9.31. The number of aromatic nitrogens is 3. The fraction of sp³-hybridized carbons (Fsp3) is 0.333. The molecule has 3 aromatic heterocycles. The maximum atomic E-state index is 13.6. The van der Waals surface area contributed by atoms with Crippen LogP contribution >= 0.6 is 11.3 Å². The molecule has 6 rings (SSSR count). The molecule has 1 aromatic carbocycles. The number of allylic oxidation sites excluding steroid dienone is 1. The first kappa shape index (κ1) is 23.5. The minimum absolute atomic E-state index is 0.234. The van der Waals surface area contributed by atoms with E-state index in [1.807, 2.05) is 24.6 Å². The number of aryl methyl sites for hydroxylation is 1. The number of morpholine rings is 1. The van der Waals surface area contributed by atoms with Crippen LogP contribution < -0.4 is 0 Å². The second kappa shape index (κ2) is 9.55. The zero-order valence-electron chi connectivity index (χ0n) is 20.1. The first-order chi connectivity index (χ1) is 17.5. The van der Waals surface area contributed by atoms with Gasteiger partial charge in [-0.2, -0.15) is 0 Å². The first-order valence-corrected chi connectivity index (χ1v) is 14.6. The lowest BCUT2D eigenvalue weighted by Gasteiger charge is -2.36. The highest BCUT2D eigenvalue weighted by atomic mass is 32.2. The van der Waals surface area contributed by atoms with Crippen LogP contribution in [0, 0.1) is 6.92 Å². The zero-order valence-corrected chi connectivity index (χ0v) is 21.8. The summed E-state index contributed by atoms with van der Waals surface area (Å²) >= 11 is 1.55. The normalized spacial score (nSPS) is 19.5. The number of benzene rings is 1. The highest BCUT2D eigenvalue weighted by Crippen LogP contribution is 2.36. The van der Waals surface area contributed by atoms with Crippen LogP contribution in [0.2, 0.25) is 0 Å². The molecule has 0 amide bonds. The molecule has 0 bridgehead atoms. The number of ether oxygens (including phenoxy) is 1. The molecule has 0 N–H and O–H groups in total. The Hall–Kier alpha value is -2.85. The van der Waals surface area contributed by atoms with Gasteiger partial charge in [0.2, 0.25) is 0 Å². The molecule has 1 unspecified atom stereocenters. The van der Waals surface area contributed by atoms with Gasteiger partial charge in [0, 0.05) is 47.9 Å². The van der Waals surface area contributed by atoms with Gasteiger partial charge in [-0.25, -0.2) is 22.4 Å². The van der Waals surface area contributed by atoms with Crippen molar-refractivity contribution in [2.75, 3.05) is 26.3 Å². The van der Waals surface area contributed by atoms with E-state index in [1.165, 1.54) is 9.55 Å². The molecule has 1 aliphatic heterocycles. The molecule has 36 heavy (non-hydrogen) atoms. The Bertz CT molecular complexity index is 1530. The Labute approximate surface area is 215 Å². The van der Waals surface area contributed by atoms with E-state index in [2.05, 4.69) is 22.0 Å². The van der Waals surface area contributed by atoms with Crippen molar-refractivity contribution in [2.24, 2.45) is 0 Å². The summed E-state index contributed by atoms with van der Waals surface area (Å²) in [7, 11) is -3.80. The van der Waals surface area contributed by atoms with Gasteiger partial charge in [-0.1, -0.05) is 24.3 Å². The van der Waals surface area contributed by atoms with Crippen LogP contribution in [0.4, 0.5) is 0 Å². The fourth-order valence-electron chi connectivity index (χ4n) is 5.19. The average Bonchev–Trinajstić information content (AvgIpc) is 3.53. The average molecular weight is 521 g/mol. The van der Waals surface area contributed by atoms with Crippen molar-refractivity contribution >= 4 is 38.0 Å². The summed E-state index contributed by atoms with van der Waals surface area (Å²) in [5.41, 5.74) is 4.30. The van der Waals surface area contributed by atoms with Crippen molar-refractivity contribution in [3.8, 4) is 11.3 Å². The molecule has 0 radical (unpaired) electrons. The summed E-state index contributed by atoms with van der Waals surface area (Å²) in [6.07, 6.45) is 8.90. The minimum atomic E-state index is -3.80. The van der Waals surface area contributed by atoms with Gasteiger partial charge >= 0.3 is 0 Å². The molecule has 1 fully saturated rings. The maximum absolute atomic E-state index is 13.6. The van der Waals surface area contributed by atoms with Crippen LogP contribution in [-0.2, 0) is 14.8 Å². The van der Waals surface area contributed by atoms with Crippen LogP contribution in [-0.4, -0.2) is 59.6 Å². The van der Waals surface area contributed by atoms with Crippen molar-refractivity contribution in [1.82, 2.24) is 18.8 Å². The largest absolute Gasteiger partial charge is 0.379 e. The molecule has 4 aromatic rings. The third-order valence-corrected chi connectivity index (χ3v) is 9.56. The summed E-state index contributed by atoms with van der Waals surface area (Å²) < 4.78 is 33.9. The van der Waals surface area contributed by atoms with E-state index >= 15 is 0 Å². The topological polar surface area (TPSA) is 77.3 Å². The molecule has 7 nitrogen and oxygen atoms in total. The molecule has 0 saturated carbocycles. The lowest BCUT2D eigenvalue weighted by Crippen LogP contribution is -2.43. The second-order valence-corrected chi connectivity index (χ2v) is 12.2. The first-order valence-electron chi connectivity index (χ1n) is 12.3. The molecular formula is C27H28N4O3S2. The van der Waals surface area contributed by atoms with Crippen LogP contribution in [0.3, 0.4) is 0 Å². The lowest BCUT2D eigenvalue weighted by atomic mass is 9.90. The van der Waals surface area contributed by atoms with Gasteiger partial charge in [0.05, 0.1) is 28.8 Å². The highest BCUT2D eigenvalue weighted by molar-refractivity contribution is 7.90. The van der Waals surface area contributed by atoms with Gasteiger partial charge < -0.3 is 4.74 Å². The van der Waals surface area contributed by atoms with Gasteiger partial charge in [0.15, 0.2) is 5.65 Å². The van der Waals surface area contributed by atoms with Crippen LogP contribution in [0.15, 0.2) is 65.1 Å². The van der Waals surface area contributed by atoms with Crippen molar-refractivity contribution in [3.63, 3.8) is 0 Å². The Morgan fingerprint density at radius 2 is 1.94 bits per heavy atom.